The Morgan fingerprint density at radius 1 is 0.368 bits per heavy atom. The predicted octanol–water partition coefficient (Wildman–Crippen LogP) is 3.92. The molecule has 0 aliphatic rings. The zero-order valence-electron chi connectivity index (χ0n) is 23.6. The largest absolute Gasteiger partial charge is 0.379 e. The molecule has 0 aliphatic heterocycles. The molecule has 0 fully saturated rings. The summed E-state index contributed by atoms with van der Waals surface area (Å²) in [5.74, 6) is 0. The van der Waals surface area contributed by atoms with E-state index in [1.807, 2.05) is 30.3 Å². The van der Waals surface area contributed by atoms with Crippen LogP contribution in [-0.4, -0.2) is 112 Å². The average molecular weight is 545 g/mol. The molecule has 0 unspecified atom stereocenters. The molecule has 38 heavy (non-hydrogen) atoms. The summed E-state index contributed by atoms with van der Waals surface area (Å²) in [5, 5.41) is 0. The Labute approximate surface area is 230 Å². The molecule has 0 N–H and O–H groups in total. The van der Waals surface area contributed by atoms with Crippen LogP contribution in [0.1, 0.15) is 38.2 Å². The van der Waals surface area contributed by atoms with Gasteiger partial charge in [0.25, 0.3) is 0 Å². The molecule has 0 spiro atoms. The third-order valence-electron chi connectivity index (χ3n) is 5.23. The van der Waals surface area contributed by atoms with Crippen LogP contribution in [0.15, 0.2) is 30.3 Å². The summed E-state index contributed by atoms with van der Waals surface area (Å²) in [5.41, 5.74) is 1.16. The zero-order chi connectivity index (χ0) is 27.0. The summed E-state index contributed by atoms with van der Waals surface area (Å²) < 4.78 is 49.4. The quantitative estimate of drug-likeness (QED) is 0.129. The first-order chi connectivity index (χ1) is 18.9. The topological polar surface area (TPSA) is 83.1 Å². The molecule has 0 heterocycles. The Morgan fingerprint density at radius 2 is 0.711 bits per heavy atom. The zero-order valence-corrected chi connectivity index (χ0v) is 23.6. The fourth-order valence-corrected chi connectivity index (χ4v) is 3.15. The normalized spacial score (nSPS) is 11.4. The van der Waals surface area contributed by atoms with Crippen molar-refractivity contribution in [3.63, 3.8) is 0 Å². The molecule has 9 nitrogen and oxygen atoms in total. The molecular formula is C29H52O9. The van der Waals surface area contributed by atoms with Crippen LogP contribution in [0, 0.1) is 0 Å². The van der Waals surface area contributed by atoms with Crippen molar-refractivity contribution in [2.75, 3.05) is 112 Å². The highest BCUT2D eigenvalue weighted by atomic mass is 16.6. The lowest BCUT2D eigenvalue weighted by Gasteiger charge is -2.09. The van der Waals surface area contributed by atoms with Gasteiger partial charge in [-0.2, -0.15) is 0 Å². The van der Waals surface area contributed by atoms with E-state index in [2.05, 4.69) is 6.92 Å². The number of hydrogen-bond donors (Lipinski definition) is 0. The number of ether oxygens (including phenoxy) is 9. The molecule has 1 aromatic carbocycles. The smallest absolute Gasteiger partial charge is 0.0718 e. The van der Waals surface area contributed by atoms with Crippen LogP contribution in [-0.2, 0) is 49.2 Å². The summed E-state index contributed by atoms with van der Waals surface area (Å²) in [6.07, 6.45) is 4.91. The molecule has 0 aliphatic carbocycles. The van der Waals surface area contributed by atoms with Gasteiger partial charge in [-0.1, -0.05) is 56.5 Å². The van der Waals surface area contributed by atoms with Crippen molar-refractivity contribution in [2.45, 2.75) is 39.2 Å². The van der Waals surface area contributed by atoms with Crippen LogP contribution >= 0.6 is 0 Å². The van der Waals surface area contributed by atoms with Gasteiger partial charge in [0.05, 0.1) is 112 Å². The highest BCUT2D eigenvalue weighted by Crippen LogP contribution is 2.00. The number of benzene rings is 1. The van der Waals surface area contributed by atoms with E-state index >= 15 is 0 Å². The van der Waals surface area contributed by atoms with E-state index < -0.39 is 0 Å². The fourth-order valence-electron chi connectivity index (χ4n) is 3.15. The maximum absolute atomic E-state index is 5.56. The molecule has 0 atom stereocenters. The van der Waals surface area contributed by atoms with E-state index in [4.69, 9.17) is 42.6 Å². The maximum atomic E-state index is 5.56. The molecule has 1 aromatic rings. The molecule has 0 saturated heterocycles. The first kappa shape index (κ1) is 34.9. The van der Waals surface area contributed by atoms with Gasteiger partial charge in [0.15, 0.2) is 0 Å². The van der Waals surface area contributed by atoms with Crippen molar-refractivity contribution in [3.8, 4) is 0 Å². The summed E-state index contributed by atoms with van der Waals surface area (Å²) in [6, 6.07) is 10.1. The highest BCUT2D eigenvalue weighted by Gasteiger charge is 1.96. The number of hydrogen-bond acceptors (Lipinski definition) is 9. The first-order valence-corrected chi connectivity index (χ1v) is 14.2. The van der Waals surface area contributed by atoms with Crippen LogP contribution in [0.25, 0.3) is 0 Å². The maximum Gasteiger partial charge on any atom is 0.0718 e. The minimum absolute atomic E-state index is 0.533. The van der Waals surface area contributed by atoms with Crippen LogP contribution in [0.5, 0.6) is 0 Å². The monoisotopic (exact) mass is 544 g/mol. The Bertz CT molecular complexity index is 562. The van der Waals surface area contributed by atoms with Crippen molar-refractivity contribution < 1.29 is 42.6 Å². The molecule has 0 aromatic heterocycles. The second-order valence-electron chi connectivity index (χ2n) is 8.50. The van der Waals surface area contributed by atoms with Gasteiger partial charge in [-0.05, 0) is 12.0 Å². The van der Waals surface area contributed by atoms with E-state index in [1.165, 1.54) is 19.3 Å². The molecule has 1 rings (SSSR count). The van der Waals surface area contributed by atoms with Crippen molar-refractivity contribution in [3.05, 3.63) is 35.9 Å². The van der Waals surface area contributed by atoms with Gasteiger partial charge >= 0.3 is 0 Å². The molecule has 9 heteroatoms. The lowest BCUT2D eigenvalue weighted by molar-refractivity contribution is -0.0254. The summed E-state index contributed by atoms with van der Waals surface area (Å²) in [6.45, 7) is 12.6. The van der Waals surface area contributed by atoms with E-state index in [1.54, 1.807) is 0 Å². The lowest BCUT2D eigenvalue weighted by Crippen LogP contribution is -2.15. The molecular weight excluding hydrogens is 492 g/mol. The standard InChI is InChI=1S/C29H52O9/c1-2-3-4-8-11-30-12-13-31-14-15-32-16-17-33-18-19-34-20-21-35-22-23-36-24-25-37-26-27-38-28-29-9-6-5-7-10-29/h5-7,9-10H,2-4,8,11-28H2,1H3. The van der Waals surface area contributed by atoms with Crippen molar-refractivity contribution in [1.29, 1.82) is 0 Å². The summed E-state index contributed by atoms with van der Waals surface area (Å²) >= 11 is 0. The van der Waals surface area contributed by atoms with Crippen LogP contribution in [0.2, 0.25) is 0 Å². The second kappa shape index (κ2) is 30.4. The third kappa shape index (κ3) is 26.5. The van der Waals surface area contributed by atoms with E-state index in [9.17, 15) is 0 Å². The molecule has 222 valence electrons. The van der Waals surface area contributed by atoms with E-state index in [0.29, 0.717) is 112 Å². The molecule has 0 radical (unpaired) electrons. The highest BCUT2D eigenvalue weighted by molar-refractivity contribution is 5.13. The molecule has 0 saturated carbocycles. The molecule has 0 bridgehead atoms. The van der Waals surface area contributed by atoms with Crippen LogP contribution in [0.3, 0.4) is 0 Å². The van der Waals surface area contributed by atoms with Gasteiger partial charge in [0.2, 0.25) is 0 Å². The first-order valence-electron chi connectivity index (χ1n) is 14.2. The number of rotatable bonds is 31. The fraction of sp³-hybridized carbons (Fsp3) is 0.793. The Hall–Kier alpha value is -1.14. The predicted molar refractivity (Wildman–Crippen MR) is 147 cm³/mol. The summed E-state index contributed by atoms with van der Waals surface area (Å²) in [7, 11) is 0. The van der Waals surface area contributed by atoms with Gasteiger partial charge < -0.3 is 42.6 Å². The van der Waals surface area contributed by atoms with Gasteiger partial charge in [-0.15, -0.1) is 0 Å². The Kier molecular flexibility index (Phi) is 27.9. The van der Waals surface area contributed by atoms with Crippen molar-refractivity contribution >= 4 is 0 Å². The lowest BCUT2D eigenvalue weighted by atomic mass is 10.2. The third-order valence-corrected chi connectivity index (χ3v) is 5.23. The van der Waals surface area contributed by atoms with Crippen LogP contribution in [0.4, 0.5) is 0 Å². The minimum Gasteiger partial charge on any atom is -0.379 e. The minimum atomic E-state index is 0.533. The van der Waals surface area contributed by atoms with E-state index in [-0.39, 0.29) is 0 Å². The number of unbranched alkanes of at least 4 members (excludes halogenated alkanes) is 3. The van der Waals surface area contributed by atoms with Gasteiger partial charge in [0, 0.05) is 6.61 Å². The second-order valence-corrected chi connectivity index (χ2v) is 8.50. The van der Waals surface area contributed by atoms with E-state index in [0.717, 1.165) is 18.6 Å². The van der Waals surface area contributed by atoms with Crippen molar-refractivity contribution in [1.82, 2.24) is 0 Å². The SMILES string of the molecule is CCCCCCOCCOCCOCCOCCOCCOCCOCCOCCOCc1ccccc1. The Morgan fingerprint density at radius 3 is 1.08 bits per heavy atom. The summed E-state index contributed by atoms with van der Waals surface area (Å²) in [4.78, 5) is 0. The molecule has 0 amide bonds. The Balaban J connectivity index is 1.62. The van der Waals surface area contributed by atoms with Crippen molar-refractivity contribution in [2.24, 2.45) is 0 Å². The van der Waals surface area contributed by atoms with Crippen LogP contribution < -0.4 is 0 Å². The van der Waals surface area contributed by atoms with Gasteiger partial charge in [-0.25, -0.2) is 0 Å². The van der Waals surface area contributed by atoms with Gasteiger partial charge in [0.1, 0.15) is 0 Å². The van der Waals surface area contributed by atoms with Gasteiger partial charge in [-0.3, -0.25) is 0 Å². The average Bonchev–Trinajstić information content (AvgIpc) is 2.94.